The molecule has 0 radical (unpaired) electrons. The highest BCUT2D eigenvalue weighted by molar-refractivity contribution is 5.80. The molecule has 1 saturated heterocycles. The number of aliphatic imine (C=N–C) groups is 1. The van der Waals surface area contributed by atoms with Gasteiger partial charge in [0.25, 0.3) is 0 Å². The number of hydrogen-bond donors (Lipinski definition) is 1. The Balaban J connectivity index is 1.58. The van der Waals surface area contributed by atoms with E-state index in [1.54, 1.807) is 0 Å². The second kappa shape index (κ2) is 9.80. The third kappa shape index (κ3) is 4.78. The van der Waals surface area contributed by atoms with Gasteiger partial charge >= 0.3 is 5.97 Å². The number of carbonyl (C=O) groups is 1. The fraction of sp³-hybridized carbons (Fsp3) is 0.636. The number of esters is 1. The summed E-state index contributed by atoms with van der Waals surface area (Å²) in [4.78, 5) is 21.7. The highest BCUT2D eigenvalue weighted by Crippen LogP contribution is 2.29. The van der Waals surface area contributed by atoms with Crippen LogP contribution >= 0.6 is 0 Å². The Kier molecular flexibility index (Phi) is 7.18. The van der Waals surface area contributed by atoms with E-state index in [4.69, 9.17) is 9.73 Å². The summed E-state index contributed by atoms with van der Waals surface area (Å²) >= 11 is 0. The Bertz CT molecular complexity index is 683. The molecule has 2 aliphatic heterocycles. The van der Waals surface area contributed by atoms with E-state index in [1.165, 1.54) is 11.3 Å². The van der Waals surface area contributed by atoms with Crippen molar-refractivity contribution in [3.8, 4) is 0 Å². The van der Waals surface area contributed by atoms with E-state index in [0.717, 1.165) is 57.9 Å². The monoisotopic (exact) mass is 386 g/mol. The summed E-state index contributed by atoms with van der Waals surface area (Å²) in [7, 11) is 0. The quantitative estimate of drug-likeness (QED) is 0.463. The summed E-state index contributed by atoms with van der Waals surface area (Å²) in [5.41, 5.74) is 2.79. The van der Waals surface area contributed by atoms with E-state index in [1.807, 2.05) is 6.92 Å². The number of ether oxygens (including phenoxy) is 1. The van der Waals surface area contributed by atoms with Crippen molar-refractivity contribution in [1.29, 1.82) is 0 Å². The molecule has 28 heavy (non-hydrogen) atoms. The van der Waals surface area contributed by atoms with Gasteiger partial charge in [-0.1, -0.05) is 18.2 Å². The van der Waals surface area contributed by atoms with Crippen LogP contribution in [0, 0.1) is 5.92 Å². The predicted octanol–water partition coefficient (Wildman–Crippen LogP) is 2.68. The summed E-state index contributed by atoms with van der Waals surface area (Å²) in [5, 5.41) is 3.43. The van der Waals surface area contributed by atoms with Gasteiger partial charge in [-0.3, -0.25) is 9.79 Å². The van der Waals surface area contributed by atoms with E-state index < -0.39 is 0 Å². The molecule has 1 N–H and O–H groups in total. The van der Waals surface area contributed by atoms with Crippen molar-refractivity contribution in [3.63, 3.8) is 0 Å². The highest BCUT2D eigenvalue weighted by Gasteiger charge is 2.28. The molecule has 3 rings (SSSR count). The first-order valence-electron chi connectivity index (χ1n) is 10.7. The molecule has 1 fully saturated rings. The van der Waals surface area contributed by atoms with E-state index in [-0.39, 0.29) is 11.9 Å². The number of para-hydroxylation sites is 1. The number of carbonyl (C=O) groups excluding carboxylic acids is 1. The molecule has 1 unspecified atom stereocenters. The molecular weight excluding hydrogens is 352 g/mol. The normalized spacial score (nSPS) is 18.8. The second-order valence-electron chi connectivity index (χ2n) is 7.63. The van der Waals surface area contributed by atoms with Gasteiger partial charge in [-0.25, -0.2) is 0 Å². The fourth-order valence-electron chi connectivity index (χ4n) is 4.15. The predicted molar refractivity (Wildman–Crippen MR) is 114 cm³/mol. The van der Waals surface area contributed by atoms with Crippen LogP contribution < -0.4 is 10.2 Å². The summed E-state index contributed by atoms with van der Waals surface area (Å²) in [6.45, 7) is 11.0. The first kappa shape index (κ1) is 20.5. The first-order valence-corrected chi connectivity index (χ1v) is 10.7. The molecule has 0 bridgehead atoms. The standard InChI is InChI=1S/C22H34N4O2/c1-4-23-22(25-13-10-19(11-14-25)21(27)28-5-2)24-16-17(3)26-15-12-18-8-6-7-9-20(18)26/h6-9,17,19H,4-5,10-16H2,1-3H3,(H,23,24). The van der Waals surface area contributed by atoms with Crippen LogP contribution in [-0.2, 0) is 16.0 Å². The highest BCUT2D eigenvalue weighted by atomic mass is 16.5. The lowest BCUT2D eigenvalue weighted by molar-refractivity contribution is -0.149. The Hall–Kier alpha value is -2.24. The number of nitrogens with one attached hydrogen (secondary N) is 1. The molecule has 6 heteroatoms. The number of piperidine rings is 1. The van der Waals surface area contributed by atoms with Crippen LogP contribution in [0.1, 0.15) is 39.2 Å². The molecule has 2 aliphatic rings. The van der Waals surface area contributed by atoms with Crippen LogP contribution in [0.3, 0.4) is 0 Å². The van der Waals surface area contributed by atoms with Crippen molar-refractivity contribution >= 4 is 17.6 Å². The molecule has 0 saturated carbocycles. The zero-order valence-electron chi connectivity index (χ0n) is 17.5. The minimum Gasteiger partial charge on any atom is -0.466 e. The maximum Gasteiger partial charge on any atom is 0.309 e. The third-order valence-electron chi connectivity index (χ3n) is 5.71. The lowest BCUT2D eigenvalue weighted by atomic mass is 9.97. The number of hydrogen-bond acceptors (Lipinski definition) is 4. The summed E-state index contributed by atoms with van der Waals surface area (Å²) < 4.78 is 5.18. The summed E-state index contributed by atoms with van der Waals surface area (Å²) in [5.74, 6) is 0.939. The van der Waals surface area contributed by atoms with Gasteiger partial charge in [-0.2, -0.15) is 0 Å². The number of anilines is 1. The topological polar surface area (TPSA) is 57.2 Å². The van der Waals surface area contributed by atoms with Gasteiger partial charge in [0.15, 0.2) is 5.96 Å². The lowest BCUT2D eigenvalue weighted by Crippen LogP contribution is -2.47. The van der Waals surface area contributed by atoms with Gasteiger partial charge < -0.3 is 19.9 Å². The van der Waals surface area contributed by atoms with Crippen LogP contribution in [0.2, 0.25) is 0 Å². The first-order chi connectivity index (χ1) is 13.6. The number of likely N-dealkylation sites (tertiary alicyclic amines) is 1. The van der Waals surface area contributed by atoms with Crippen LogP contribution in [-0.4, -0.2) is 62.2 Å². The molecule has 1 atom stereocenters. The molecule has 0 amide bonds. The number of benzene rings is 1. The van der Waals surface area contributed by atoms with E-state index in [9.17, 15) is 4.79 Å². The second-order valence-corrected chi connectivity index (χ2v) is 7.63. The van der Waals surface area contributed by atoms with Gasteiger partial charge in [-0.05, 0) is 51.7 Å². The minimum atomic E-state index is -0.0505. The van der Waals surface area contributed by atoms with Crippen molar-refractivity contribution in [3.05, 3.63) is 29.8 Å². The average Bonchev–Trinajstić information content (AvgIpc) is 3.15. The Morgan fingerprint density at radius 2 is 2.00 bits per heavy atom. The number of fused-ring (bicyclic) bond motifs is 1. The van der Waals surface area contributed by atoms with Crippen LogP contribution in [0.15, 0.2) is 29.3 Å². The van der Waals surface area contributed by atoms with Crippen LogP contribution in [0.25, 0.3) is 0 Å². The SMILES string of the molecule is CCNC(=NCC(C)N1CCc2ccccc21)N1CCC(C(=O)OCC)CC1. The van der Waals surface area contributed by atoms with Crippen molar-refractivity contribution < 1.29 is 9.53 Å². The average molecular weight is 387 g/mol. The number of nitrogens with zero attached hydrogens (tertiary/aromatic N) is 3. The summed E-state index contributed by atoms with van der Waals surface area (Å²) in [6, 6.07) is 9.03. The van der Waals surface area contributed by atoms with E-state index in [2.05, 4.69) is 53.2 Å². The summed E-state index contributed by atoms with van der Waals surface area (Å²) in [6.07, 6.45) is 2.78. The molecule has 0 aliphatic carbocycles. The van der Waals surface area contributed by atoms with Crippen LogP contribution in [0.5, 0.6) is 0 Å². The van der Waals surface area contributed by atoms with Crippen molar-refractivity contribution in [1.82, 2.24) is 10.2 Å². The zero-order valence-corrected chi connectivity index (χ0v) is 17.5. The Labute approximate surface area is 168 Å². The Morgan fingerprint density at radius 1 is 1.25 bits per heavy atom. The molecule has 0 spiro atoms. The van der Waals surface area contributed by atoms with Crippen molar-refractivity contribution in [2.75, 3.05) is 44.2 Å². The zero-order chi connectivity index (χ0) is 19.9. The van der Waals surface area contributed by atoms with Crippen molar-refractivity contribution in [2.24, 2.45) is 10.9 Å². The van der Waals surface area contributed by atoms with Gasteiger partial charge in [0, 0.05) is 37.9 Å². The molecule has 154 valence electrons. The van der Waals surface area contributed by atoms with Gasteiger partial charge in [0.2, 0.25) is 0 Å². The minimum absolute atomic E-state index is 0.0269. The number of rotatable bonds is 6. The lowest BCUT2D eigenvalue weighted by Gasteiger charge is -2.34. The van der Waals surface area contributed by atoms with Gasteiger partial charge in [0.05, 0.1) is 19.1 Å². The molecule has 1 aromatic carbocycles. The Morgan fingerprint density at radius 3 is 2.71 bits per heavy atom. The van der Waals surface area contributed by atoms with Gasteiger partial charge in [-0.15, -0.1) is 0 Å². The van der Waals surface area contributed by atoms with Crippen molar-refractivity contribution in [2.45, 2.75) is 46.1 Å². The van der Waals surface area contributed by atoms with E-state index >= 15 is 0 Å². The third-order valence-corrected chi connectivity index (χ3v) is 5.71. The maximum absolute atomic E-state index is 12.0. The largest absolute Gasteiger partial charge is 0.466 e. The smallest absolute Gasteiger partial charge is 0.309 e. The van der Waals surface area contributed by atoms with E-state index in [0.29, 0.717) is 12.6 Å². The molecule has 0 aromatic heterocycles. The van der Waals surface area contributed by atoms with Gasteiger partial charge in [0.1, 0.15) is 0 Å². The molecule has 6 nitrogen and oxygen atoms in total. The maximum atomic E-state index is 12.0. The molecule has 1 aromatic rings. The number of guanidine groups is 1. The fourth-order valence-corrected chi connectivity index (χ4v) is 4.15. The molecular formula is C22H34N4O2. The molecule has 2 heterocycles. The van der Waals surface area contributed by atoms with Crippen LogP contribution in [0.4, 0.5) is 5.69 Å².